The highest BCUT2D eigenvalue weighted by Crippen LogP contribution is 2.50. The standard InChI is InChI=1S/C27H24N2O7/c1-15-9-11-16(12-10-15)28-25(30)21-22(18-13-14-19(34-2)23(35-3)20(18)27(32)33)29(36-24(21)26(28)31)17-7-5-4-6-8-17/h4-14,21-22,24H,1-3H3,(H,32,33)/t21-,22+,24-/m1/s1. The third-order valence-electron chi connectivity index (χ3n) is 6.53. The van der Waals surface area contributed by atoms with E-state index in [1.165, 1.54) is 19.3 Å². The van der Waals surface area contributed by atoms with E-state index >= 15 is 0 Å². The van der Waals surface area contributed by atoms with E-state index in [2.05, 4.69) is 0 Å². The highest BCUT2D eigenvalue weighted by Gasteiger charge is 2.61. The first kappa shape index (κ1) is 23.4. The monoisotopic (exact) mass is 488 g/mol. The summed E-state index contributed by atoms with van der Waals surface area (Å²) in [6.45, 7) is 1.91. The summed E-state index contributed by atoms with van der Waals surface area (Å²) in [5, 5.41) is 11.6. The van der Waals surface area contributed by atoms with Gasteiger partial charge in [-0.05, 0) is 42.8 Å². The number of amides is 2. The summed E-state index contributed by atoms with van der Waals surface area (Å²) in [6.07, 6.45) is -1.13. The van der Waals surface area contributed by atoms with Crippen LogP contribution in [0.5, 0.6) is 11.5 Å². The molecule has 9 heteroatoms. The molecule has 0 spiro atoms. The number of hydrogen-bond acceptors (Lipinski definition) is 7. The van der Waals surface area contributed by atoms with Crippen LogP contribution in [0.3, 0.4) is 0 Å². The number of carbonyl (C=O) groups excluding carboxylic acids is 2. The normalized spacial score (nSPS) is 21.0. The van der Waals surface area contributed by atoms with Gasteiger partial charge in [-0.2, -0.15) is 0 Å². The molecule has 3 atom stereocenters. The number of imide groups is 1. The number of benzene rings is 3. The highest BCUT2D eigenvalue weighted by molar-refractivity contribution is 6.24. The molecule has 2 aliphatic heterocycles. The van der Waals surface area contributed by atoms with Crippen molar-refractivity contribution < 1.29 is 33.8 Å². The molecular weight excluding hydrogens is 464 g/mol. The number of para-hydroxylation sites is 1. The Kier molecular flexibility index (Phi) is 5.85. The molecule has 184 valence electrons. The Morgan fingerprint density at radius 2 is 1.58 bits per heavy atom. The summed E-state index contributed by atoms with van der Waals surface area (Å²) in [4.78, 5) is 47.0. The Hall–Kier alpha value is -4.37. The Morgan fingerprint density at radius 3 is 2.19 bits per heavy atom. The average Bonchev–Trinajstić information content (AvgIpc) is 3.39. The van der Waals surface area contributed by atoms with Crippen LogP contribution in [0.15, 0.2) is 66.7 Å². The largest absolute Gasteiger partial charge is 0.493 e. The van der Waals surface area contributed by atoms with Gasteiger partial charge >= 0.3 is 5.97 Å². The number of anilines is 2. The van der Waals surface area contributed by atoms with Gasteiger partial charge in [0.2, 0.25) is 5.91 Å². The van der Waals surface area contributed by atoms with Crippen molar-refractivity contribution in [1.82, 2.24) is 0 Å². The van der Waals surface area contributed by atoms with Crippen molar-refractivity contribution in [2.45, 2.75) is 19.1 Å². The van der Waals surface area contributed by atoms with E-state index in [-0.39, 0.29) is 22.6 Å². The number of hydroxylamine groups is 1. The van der Waals surface area contributed by atoms with Crippen LogP contribution in [0.25, 0.3) is 0 Å². The lowest BCUT2D eigenvalue weighted by Crippen LogP contribution is -2.37. The number of carboxylic acid groups (broad SMARTS) is 1. The van der Waals surface area contributed by atoms with E-state index in [0.717, 1.165) is 10.5 Å². The summed E-state index contributed by atoms with van der Waals surface area (Å²) in [6, 6.07) is 18.2. The van der Waals surface area contributed by atoms with Gasteiger partial charge in [0.1, 0.15) is 11.5 Å². The number of rotatable bonds is 6. The molecule has 2 fully saturated rings. The minimum absolute atomic E-state index is 0.0196. The predicted octanol–water partition coefficient (Wildman–Crippen LogP) is 3.76. The Bertz CT molecular complexity index is 1340. The fourth-order valence-electron chi connectivity index (χ4n) is 4.89. The number of carbonyl (C=O) groups is 3. The maximum absolute atomic E-state index is 13.8. The maximum Gasteiger partial charge on any atom is 0.339 e. The summed E-state index contributed by atoms with van der Waals surface area (Å²) >= 11 is 0. The van der Waals surface area contributed by atoms with E-state index in [0.29, 0.717) is 11.4 Å². The zero-order valence-corrected chi connectivity index (χ0v) is 19.9. The molecule has 9 nitrogen and oxygen atoms in total. The Labute approximate surface area is 207 Å². The SMILES string of the molecule is COc1ccc([C@H]2[C@H]3C(=O)N(c4ccc(C)cc4)C(=O)[C@@H]3ON2c2ccccc2)c(C(=O)O)c1OC. The molecule has 3 aromatic rings. The van der Waals surface area contributed by atoms with Crippen molar-refractivity contribution in [3.63, 3.8) is 0 Å². The molecule has 0 saturated carbocycles. The second-order valence-corrected chi connectivity index (χ2v) is 8.58. The third kappa shape index (κ3) is 3.56. The van der Waals surface area contributed by atoms with Crippen LogP contribution >= 0.6 is 0 Å². The van der Waals surface area contributed by atoms with E-state index < -0.39 is 35.8 Å². The van der Waals surface area contributed by atoms with Crippen LogP contribution in [0.2, 0.25) is 0 Å². The van der Waals surface area contributed by atoms with Gasteiger partial charge in [0.15, 0.2) is 17.6 Å². The first-order valence-corrected chi connectivity index (χ1v) is 11.3. The second-order valence-electron chi connectivity index (χ2n) is 8.58. The van der Waals surface area contributed by atoms with Gasteiger partial charge < -0.3 is 14.6 Å². The first-order valence-electron chi connectivity index (χ1n) is 11.3. The molecular formula is C27H24N2O7. The lowest BCUT2D eigenvalue weighted by molar-refractivity contribution is -0.126. The van der Waals surface area contributed by atoms with Gasteiger partial charge in [0.05, 0.1) is 31.6 Å². The van der Waals surface area contributed by atoms with Gasteiger partial charge in [-0.1, -0.05) is 42.0 Å². The van der Waals surface area contributed by atoms with Crippen molar-refractivity contribution in [2.24, 2.45) is 5.92 Å². The van der Waals surface area contributed by atoms with Crippen molar-refractivity contribution in [1.29, 1.82) is 0 Å². The van der Waals surface area contributed by atoms with Crippen LogP contribution in [0, 0.1) is 12.8 Å². The van der Waals surface area contributed by atoms with Crippen LogP contribution in [0.4, 0.5) is 11.4 Å². The van der Waals surface area contributed by atoms with Crippen LogP contribution in [0.1, 0.15) is 27.5 Å². The molecule has 2 aliphatic rings. The van der Waals surface area contributed by atoms with E-state index in [9.17, 15) is 19.5 Å². The van der Waals surface area contributed by atoms with E-state index in [1.807, 2.05) is 25.1 Å². The zero-order chi connectivity index (χ0) is 25.6. The maximum atomic E-state index is 13.8. The Balaban J connectivity index is 1.68. The van der Waals surface area contributed by atoms with Gasteiger partial charge in [-0.25, -0.2) is 14.8 Å². The number of methoxy groups -OCH3 is 2. The topological polar surface area (TPSA) is 106 Å². The van der Waals surface area contributed by atoms with Crippen molar-refractivity contribution in [3.05, 3.63) is 83.4 Å². The molecule has 0 aliphatic carbocycles. The molecule has 0 bridgehead atoms. The molecule has 3 aromatic carbocycles. The molecule has 36 heavy (non-hydrogen) atoms. The average molecular weight is 488 g/mol. The number of fused-ring (bicyclic) bond motifs is 1. The van der Waals surface area contributed by atoms with Gasteiger partial charge in [0, 0.05) is 0 Å². The number of nitrogens with zero attached hydrogens (tertiary/aromatic N) is 2. The lowest BCUT2D eigenvalue weighted by Gasteiger charge is -2.30. The highest BCUT2D eigenvalue weighted by atomic mass is 16.7. The molecule has 0 unspecified atom stereocenters. The quantitative estimate of drug-likeness (QED) is 0.523. The van der Waals surface area contributed by atoms with Crippen LogP contribution < -0.4 is 19.4 Å². The number of ether oxygens (including phenoxy) is 2. The molecule has 2 amide bonds. The molecule has 0 radical (unpaired) electrons. The lowest BCUT2D eigenvalue weighted by atomic mass is 9.87. The minimum atomic E-state index is -1.26. The van der Waals surface area contributed by atoms with Crippen molar-refractivity contribution >= 4 is 29.2 Å². The summed E-state index contributed by atoms with van der Waals surface area (Å²) in [7, 11) is 2.76. The van der Waals surface area contributed by atoms with Gasteiger partial charge in [-0.3, -0.25) is 14.4 Å². The molecule has 2 heterocycles. The Morgan fingerprint density at radius 1 is 0.889 bits per heavy atom. The van der Waals surface area contributed by atoms with Gasteiger partial charge in [-0.15, -0.1) is 0 Å². The van der Waals surface area contributed by atoms with Crippen molar-refractivity contribution in [2.75, 3.05) is 24.2 Å². The number of aryl methyl sites for hydroxylation is 1. The van der Waals surface area contributed by atoms with Crippen molar-refractivity contribution in [3.8, 4) is 11.5 Å². The van der Waals surface area contributed by atoms with Crippen LogP contribution in [-0.4, -0.2) is 43.2 Å². The second kappa shape index (κ2) is 9.01. The number of aromatic carboxylic acids is 1. The fraction of sp³-hybridized carbons (Fsp3) is 0.222. The first-order chi connectivity index (χ1) is 17.4. The third-order valence-corrected chi connectivity index (χ3v) is 6.53. The molecule has 2 saturated heterocycles. The van der Waals surface area contributed by atoms with E-state index in [1.54, 1.807) is 48.5 Å². The molecule has 5 rings (SSSR count). The van der Waals surface area contributed by atoms with Crippen LogP contribution in [-0.2, 0) is 14.4 Å². The van der Waals surface area contributed by atoms with E-state index in [4.69, 9.17) is 14.3 Å². The number of hydrogen-bond donors (Lipinski definition) is 1. The minimum Gasteiger partial charge on any atom is -0.493 e. The smallest absolute Gasteiger partial charge is 0.339 e. The zero-order valence-electron chi connectivity index (χ0n) is 19.9. The predicted molar refractivity (Wildman–Crippen MR) is 130 cm³/mol. The summed E-state index contributed by atoms with van der Waals surface area (Å²) in [5.41, 5.74) is 2.10. The summed E-state index contributed by atoms with van der Waals surface area (Å²) in [5.74, 6) is -2.97. The summed E-state index contributed by atoms with van der Waals surface area (Å²) < 4.78 is 10.7. The van der Waals surface area contributed by atoms with Gasteiger partial charge in [0.25, 0.3) is 5.91 Å². The molecule has 1 N–H and O–H groups in total. The fourth-order valence-corrected chi connectivity index (χ4v) is 4.89. The number of carboxylic acids is 1. The molecule has 0 aromatic heterocycles.